The molecule has 5 aromatic rings. The van der Waals surface area contributed by atoms with Crippen molar-refractivity contribution in [3.05, 3.63) is 89.9 Å². The summed E-state index contributed by atoms with van der Waals surface area (Å²) in [6, 6.07) is 21.5. The summed E-state index contributed by atoms with van der Waals surface area (Å²) in [5, 5.41) is 9.75. The van der Waals surface area contributed by atoms with Crippen molar-refractivity contribution in [1.82, 2.24) is 30.1 Å². The van der Waals surface area contributed by atoms with Crippen LogP contribution in [-0.2, 0) is 26.0 Å². The molecule has 0 bridgehead atoms. The molecule has 2 aromatic heterocycles. The van der Waals surface area contributed by atoms with Gasteiger partial charge >= 0.3 is 0 Å². The third-order valence-corrected chi connectivity index (χ3v) is 14.8. The lowest BCUT2D eigenvalue weighted by Gasteiger charge is -2.45. The number of benzene rings is 3. The van der Waals surface area contributed by atoms with Crippen LogP contribution in [-0.4, -0.2) is 123 Å². The third-order valence-electron chi connectivity index (χ3n) is 13.7. The van der Waals surface area contributed by atoms with E-state index in [2.05, 4.69) is 57.7 Å². The van der Waals surface area contributed by atoms with Gasteiger partial charge in [-0.1, -0.05) is 24.3 Å². The van der Waals surface area contributed by atoms with Crippen LogP contribution >= 0.6 is 0 Å². The van der Waals surface area contributed by atoms with Crippen molar-refractivity contribution in [1.29, 1.82) is 0 Å². The van der Waals surface area contributed by atoms with Gasteiger partial charge in [0.2, 0.25) is 27.8 Å². The Morgan fingerprint density at radius 1 is 0.841 bits per heavy atom. The second-order valence-corrected chi connectivity index (χ2v) is 19.6. The lowest BCUT2D eigenvalue weighted by molar-refractivity contribution is -0.134. The number of imide groups is 1. The van der Waals surface area contributed by atoms with Gasteiger partial charge in [-0.05, 0) is 98.2 Å². The van der Waals surface area contributed by atoms with Gasteiger partial charge in [0.05, 0.1) is 34.6 Å². The maximum Gasteiger partial charge on any atom is 0.234 e. The van der Waals surface area contributed by atoms with E-state index < -0.39 is 10.0 Å². The fourth-order valence-corrected chi connectivity index (χ4v) is 11.1. The van der Waals surface area contributed by atoms with E-state index in [9.17, 15) is 18.0 Å². The van der Waals surface area contributed by atoms with Crippen molar-refractivity contribution in [3.8, 4) is 0 Å². The number of hydrogen-bond donors (Lipinski definition) is 4. The number of anilines is 7. The third kappa shape index (κ3) is 8.65. The maximum absolute atomic E-state index is 15.8. The Balaban J connectivity index is 0.681. The number of nitrogens with one attached hydrogen (secondary N) is 4. The summed E-state index contributed by atoms with van der Waals surface area (Å²) >= 11 is 0. The number of aromatic amines is 1. The quantitative estimate of drug-likeness (QED) is 0.116. The van der Waals surface area contributed by atoms with Crippen molar-refractivity contribution in [2.45, 2.75) is 50.5 Å². The van der Waals surface area contributed by atoms with Crippen molar-refractivity contribution >= 4 is 73.1 Å². The first-order chi connectivity index (χ1) is 30.5. The fourth-order valence-electron chi connectivity index (χ4n) is 10.1. The smallest absolute Gasteiger partial charge is 0.234 e. The van der Waals surface area contributed by atoms with Crippen molar-refractivity contribution in [3.63, 3.8) is 0 Å². The van der Waals surface area contributed by atoms with Crippen molar-refractivity contribution < 1.29 is 22.4 Å². The molecule has 0 aliphatic carbocycles. The summed E-state index contributed by atoms with van der Waals surface area (Å²) in [5.74, 6) is 0.534. The van der Waals surface area contributed by atoms with Crippen LogP contribution in [0.2, 0.25) is 0 Å². The normalized spacial score (nSPS) is 20.5. The van der Waals surface area contributed by atoms with Crippen LogP contribution in [0.1, 0.15) is 49.1 Å². The molecular weight excluding hydrogens is 822 g/mol. The molecule has 4 saturated heterocycles. The number of piperazine rings is 1. The van der Waals surface area contributed by atoms with E-state index in [1.54, 1.807) is 6.20 Å². The molecule has 2 amide bonds. The number of piperidine rings is 2. The van der Waals surface area contributed by atoms with E-state index in [0.717, 1.165) is 88.3 Å². The fraction of sp³-hybridized carbons (Fsp3) is 0.435. The number of carbonyl (C=O) groups excluding carboxylic acids is 2. The molecule has 330 valence electrons. The number of carbonyl (C=O) groups is 2. The molecule has 5 aliphatic heterocycles. The molecule has 15 nitrogen and oxygen atoms in total. The molecule has 3 aromatic carbocycles. The van der Waals surface area contributed by atoms with Crippen LogP contribution < -0.4 is 30.1 Å². The molecular formula is C46H54FN11O4S. The van der Waals surface area contributed by atoms with Gasteiger partial charge in [0.25, 0.3) is 0 Å². The summed E-state index contributed by atoms with van der Waals surface area (Å²) in [5.41, 5.74) is 6.08. The topological polar surface area (TPSA) is 162 Å². The molecule has 1 atom stereocenters. The van der Waals surface area contributed by atoms with E-state index >= 15 is 4.39 Å². The molecule has 4 fully saturated rings. The molecule has 0 spiro atoms. The van der Waals surface area contributed by atoms with E-state index in [0.29, 0.717) is 72.0 Å². The summed E-state index contributed by atoms with van der Waals surface area (Å²) in [6.45, 7) is 9.51. The number of fused-ring (bicyclic) bond motifs is 2. The molecule has 5 aliphatic rings. The Labute approximate surface area is 367 Å². The lowest BCUT2D eigenvalue weighted by atomic mass is 9.90. The molecule has 0 saturated carbocycles. The number of para-hydroxylation sites is 1. The first-order valence-corrected chi connectivity index (χ1v) is 24.1. The average Bonchev–Trinajstić information content (AvgIpc) is 3.93. The van der Waals surface area contributed by atoms with Crippen molar-refractivity contribution in [2.24, 2.45) is 5.92 Å². The van der Waals surface area contributed by atoms with E-state index in [4.69, 9.17) is 4.98 Å². The molecule has 17 heteroatoms. The Hall–Kier alpha value is -5.78. The highest BCUT2D eigenvalue weighted by Crippen LogP contribution is 2.40. The lowest BCUT2D eigenvalue weighted by Crippen LogP contribution is -2.54. The highest BCUT2D eigenvalue weighted by molar-refractivity contribution is 7.92. The molecule has 1 unspecified atom stereocenters. The van der Waals surface area contributed by atoms with Crippen LogP contribution in [0, 0.1) is 11.7 Å². The average molecular weight is 876 g/mol. The first-order valence-electron chi connectivity index (χ1n) is 22.2. The predicted octanol–water partition coefficient (Wildman–Crippen LogP) is 5.54. The van der Waals surface area contributed by atoms with Gasteiger partial charge in [-0.15, -0.1) is 0 Å². The highest BCUT2D eigenvalue weighted by Gasteiger charge is 2.33. The number of hydrogen-bond acceptors (Lipinski definition) is 12. The molecule has 10 rings (SSSR count). The number of amides is 2. The van der Waals surface area contributed by atoms with Crippen LogP contribution in [0.5, 0.6) is 0 Å². The Morgan fingerprint density at radius 2 is 1.63 bits per heavy atom. The Bertz CT molecular complexity index is 2620. The zero-order valence-electron chi connectivity index (χ0n) is 35.5. The number of rotatable bonds is 12. The Morgan fingerprint density at radius 3 is 2.38 bits per heavy atom. The predicted molar refractivity (Wildman–Crippen MR) is 244 cm³/mol. The second kappa shape index (κ2) is 17.1. The zero-order valence-corrected chi connectivity index (χ0v) is 36.3. The van der Waals surface area contributed by atoms with E-state index in [1.807, 2.05) is 48.5 Å². The van der Waals surface area contributed by atoms with Gasteiger partial charge in [-0.25, -0.2) is 12.8 Å². The molecule has 63 heavy (non-hydrogen) atoms. The summed E-state index contributed by atoms with van der Waals surface area (Å²) in [7, 11) is -3.46. The second-order valence-electron chi connectivity index (χ2n) is 17.7. The zero-order chi connectivity index (χ0) is 43.2. The SMILES string of the molecule is CS(=O)(=O)N1CCc2cccc(Nc3nc(Nc4ccc(N5CCC(N6CCN(CCC7CN(c8ccc(C9CCC(=O)NC9=O)cc8)C7)CC6)CC5)c(F)c4)nc4[nH]ccc34)c21. The monoisotopic (exact) mass is 875 g/mol. The maximum atomic E-state index is 15.8. The molecule has 0 radical (unpaired) electrons. The van der Waals surface area contributed by atoms with Gasteiger partial charge in [0, 0.05) is 88.9 Å². The van der Waals surface area contributed by atoms with Gasteiger partial charge in [-0.2, -0.15) is 9.97 Å². The van der Waals surface area contributed by atoms with Gasteiger partial charge in [0.1, 0.15) is 17.3 Å². The molecule has 7 heterocycles. The minimum Gasteiger partial charge on any atom is -0.371 e. The number of sulfonamides is 1. The van der Waals surface area contributed by atoms with Crippen LogP contribution in [0.3, 0.4) is 0 Å². The summed E-state index contributed by atoms with van der Waals surface area (Å²) in [4.78, 5) is 46.1. The number of nitrogens with zero attached hydrogens (tertiary/aromatic N) is 7. The minimum atomic E-state index is -3.46. The largest absolute Gasteiger partial charge is 0.371 e. The van der Waals surface area contributed by atoms with Crippen LogP contribution in [0.4, 0.5) is 44.6 Å². The first kappa shape index (κ1) is 41.2. The van der Waals surface area contributed by atoms with E-state index in [1.165, 1.54) is 28.7 Å². The number of halogens is 1. The van der Waals surface area contributed by atoms with E-state index in [-0.39, 0.29) is 29.5 Å². The van der Waals surface area contributed by atoms with Crippen LogP contribution in [0.15, 0.2) is 72.9 Å². The Kier molecular flexibility index (Phi) is 11.2. The molecule has 4 N–H and O–H groups in total. The number of aromatic nitrogens is 3. The van der Waals surface area contributed by atoms with Gasteiger partial charge in [0.15, 0.2) is 0 Å². The standard InChI is InChI=1S/C46H54FN11O4S/c1-63(61,62)58-22-15-32-3-2-4-39(42(32)58)50-44-37-13-18-48-43(37)52-46(53-44)49-33-7-11-40(38(47)27-33)56-20-16-35(17-21-56)55-25-23-54(24-26-55)19-14-30-28-57(29-30)34-8-5-31(6-9-34)36-10-12-41(59)51-45(36)60/h2-9,11,13,18,27,30,35-36H,10,12,14-17,19-26,28-29H2,1H3,(H,51,59,60)(H3,48,49,50,52,53). The summed E-state index contributed by atoms with van der Waals surface area (Å²) < 4.78 is 42.4. The minimum absolute atomic E-state index is 0.183. The van der Waals surface area contributed by atoms with Crippen molar-refractivity contribution in [2.75, 3.05) is 96.4 Å². The van der Waals surface area contributed by atoms with Crippen LogP contribution in [0.25, 0.3) is 11.0 Å². The number of H-pyrrole nitrogens is 1. The summed E-state index contributed by atoms with van der Waals surface area (Å²) in [6.07, 6.45) is 7.78. The highest BCUT2D eigenvalue weighted by atomic mass is 32.2. The van der Waals surface area contributed by atoms with Gasteiger partial charge < -0.3 is 30.3 Å². The van der Waals surface area contributed by atoms with Gasteiger partial charge in [-0.3, -0.25) is 24.1 Å².